The number of rotatable bonds is 3. The third-order valence-corrected chi connectivity index (χ3v) is 6.48. The first-order valence-electron chi connectivity index (χ1n) is 9.02. The van der Waals surface area contributed by atoms with Gasteiger partial charge < -0.3 is 14.5 Å². The van der Waals surface area contributed by atoms with E-state index < -0.39 is 0 Å². The fourth-order valence-electron chi connectivity index (χ4n) is 3.49. The zero-order valence-corrected chi connectivity index (χ0v) is 16.8. The fourth-order valence-corrected chi connectivity index (χ4v) is 4.74. The van der Waals surface area contributed by atoms with E-state index in [1.165, 1.54) is 18.9 Å². The SMILES string of the molecule is COC(=O)[C@@H]1CN(C(=O)C2CCN(C(=O)c3ccc(Cl)cc3)CC2)CCS1. The highest BCUT2D eigenvalue weighted by Crippen LogP contribution is 2.25. The molecule has 0 radical (unpaired) electrons. The number of nitrogens with zero attached hydrogens (tertiary/aromatic N) is 2. The van der Waals surface area contributed by atoms with E-state index in [1.54, 1.807) is 34.1 Å². The number of ether oxygens (including phenoxy) is 1. The van der Waals surface area contributed by atoms with Crippen molar-refractivity contribution in [3.63, 3.8) is 0 Å². The maximum absolute atomic E-state index is 12.8. The number of esters is 1. The second kappa shape index (κ2) is 8.97. The van der Waals surface area contributed by atoms with Crippen LogP contribution in [0.4, 0.5) is 0 Å². The molecular weight excluding hydrogens is 388 g/mol. The topological polar surface area (TPSA) is 66.9 Å². The quantitative estimate of drug-likeness (QED) is 0.715. The highest BCUT2D eigenvalue weighted by Gasteiger charge is 2.35. The molecule has 2 saturated heterocycles. The molecule has 0 aliphatic carbocycles. The van der Waals surface area contributed by atoms with Gasteiger partial charge in [0.05, 0.1) is 7.11 Å². The van der Waals surface area contributed by atoms with Gasteiger partial charge in [-0.15, -0.1) is 11.8 Å². The van der Waals surface area contributed by atoms with E-state index in [1.807, 2.05) is 0 Å². The monoisotopic (exact) mass is 410 g/mol. The summed E-state index contributed by atoms with van der Waals surface area (Å²) in [7, 11) is 1.37. The van der Waals surface area contributed by atoms with Crippen LogP contribution in [0.3, 0.4) is 0 Å². The lowest BCUT2D eigenvalue weighted by Gasteiger charge is -2.37. The normalized spacial score (nSPS) is 21.0. The van der Waals surface area contributed by atoms with Gasteiger partial charge >= 0.3 is 5.97 Å². The predicted octanol–water partition coefficient (Wildman–Crippen LogP) is 2.31. The van der Waals surface area contributed by atoms with Gasteiger partial charge in [-0.2, -0.15) is 0 Å². The molecule has 0 unspecified atom stereocenters. The minimum absolute atomic E-state index is 0.0299. The number of hydrogen-bond donors (Lipinski definition) is 0. The van der Waals surface area contributed by atoms with E-state index in [0.717, 1.165) is 5.75 Å². The second-order valence-electron chi connectivity index (χ2n) is 6.74. The molecule has 0 bridgehead atoms. The van der Waals surface area contributed by atoms with Gasteiger partial charge in [-0.1, -0.05) is 11.6 Å². The Hall–Kier alpha value is -1.73. The number of carbonyl (C=O) groups is 3. The van der Waals surface area contributed by atoms with Crippen molar-refractivity contribution in [2.75, 3.05) is 39.0 Å². The van der Waals surface area contributed by atoms with Gasteiger partial charge in [0.25, 0.3) is 5.91 Å². The average molecular weight is 411 g/mol. The summed E-state index contributed by atoms with van der Waals surface area (Å²) in [6.45, 7) is 2.17. The minimum Gasteiger partial charge on any atom is -0.468 e. The third kappa shape index (κ3) is 4.76. The summed E-state index contributed by atoms with van der Waals surface area (Å²) in [4.78, 5) is 40.7. The van der Waals surface area contributed by atoms with Gasteiger partial charge in [-0.05, 0) is 37.1 Å². The van der Waals surface area contributed by atoms with Crippen molar-refractivity contribution < 1.29 is 19.1 Å². The molecule has 8 heteroatoms. The van der Waals surface area contributed by atoms with Crippen LogP contribution < -0.4 is 0 Å². The van der Waals surface area contributed by atoms with Crippen LogP contribution in [-0.4, -0.2) is 71.9 Å². The maximum atomic E-state index is 12.8. The van der Waals surface area contributed by atoms with Crippen molar-refractivity contribution in [2.45, 2.75) is 18.1 Å². The number of piperidine rings is 1. The molecule has 2 heterocycles. The first-order valence-corrected chi connectivity index (χ1v) is 10.5. The highest BCUT2D eigenvalue weighted by molar-refractivity contribution is 8.00. The van der Waals surface area contributed by atoms with Gasteiger partial charge in [0, 0.05) is 48.4 Å². The van der Waals surface area contributed by atoms with Crippen LogP contribution in [0, 0.1) is 5.92 Å². The van der Waals surface area contributed by atoms with E-state index in [0.29, 0.717) is 49.6 Å². The van der Waals surface area contributed by atoms with E-state index in [2.05, 4.69) is 0 Å². The Morgan fingerprint density at radius 3 is 2.37 bits per heavy atom. The number of halogens is 1. The Balaban J connectivity index is 1.54. The molecule has 0 N–H and O–H groups in total. The van der Waals surface area contributed by atoms with Crippen molar-refractivity contribution in [1.82, 2.24) is 9.80 Å². The molecule has 146 valence electrons. The lowest BCUT2D eigenvalue weighted by Crippen LogP contribution is -2.49. The number of benzene rings is 1. The lowest BCUT2D eigenvalue weighted by molar-refractivity contribution is -0.142. The zero-order chi connectivity index (χ0) is 19.4. The molecule has 1 atom stereocenters. The Labute approximate surface area is 168 Å². The molecule has 2 aliphatic heterocycles. The molecule has 6 nitrogen and oxygen atoms in total. The van der Waals surface area contributed by atoms with E-state index in [4.69, 9.17) is 16.3 Å². The van der Waals surface area contributed by atoms with Crippen LogP contribution in [0.5, 0.6) is 0 Å². The van der Waals surface area contributed by atoms with Crippen LogP contribution >= 0.6 is 23.4 Å². The first kappa shape index (κ1) is 20.0. The number of amides is 2. The largest absolute Gasteiger partial charge is 0.468 e. The summed E-state index contributed by atoms with van der Waals surface area (Å²) in [6.07, 6.45) is 1.29. The molecule has 3 rings (SSSR count). The van der Waals surface area contributed by atoms with Crippen LogP contribution in [-0.2, 0) is 14.3 Å². The first-order chi connectivity index (χ1) is 13.0. The van der Waals surface area contributed by atoms with Crippen molar-refractivity contribution in [3.8, 4) is 0 Å². The van der Waals surface area contributed by atoms with Gasteiger partial charge in [0.1, 0.15) is 5.25 Å². The molecule has 2 aliphatic rings. The summed E-state index contributed by atoms with van der Waals surface area (Å²) in [5.41, 5.74) is 0.609. The second-order valence-corrected chi connectivity index (χ2v) is 8.49. The summed E-state index contributed by atoms with van der Waals surface area (Å²) >= 11 is 7.41. The standard InChI is InChI=1S/C19H23ClN2O4S/c1-26-19(25)16-12-22(10-11-27-16)18(24)14-6-8-21(9-7-14)17(23)13-2-4-15(20)5-3-13/h2-5,14,16H,6-12H2,1H3/t16-/m0/s1. The van der Waals surface area contributed by atoms with Gasteiger partial charge in [-0.3, -0.25) is 14.4 Å². The molecule has 0 saturated carbocycles. The van der Waals surface area contributed by atoms with Crippen LogP contribution in [0.15, 0.2) is 24.3 Å². The number of likely N-dealkylation sites (tertiary alicyclic amines) is 1. The summed E-state index contributed by atoms with van der Waals surface area (Å²) in [6, 6.07) is 6.86. The van der Waals surface area contributed by atoms with Crippen molar-refractivity contribution >= 4 is 41.1 Å². The minimum atomic E-state index is -0.306. The molecule has 0 aromatic heterocycles. The van der Waals surface area contributed by atoms with Gasteiger partial charge in [0.2, 0.25) is 5.91 Å². The average Bonchev–Trinajstić information content (AvgIpc) is 2.73. The van der Waals surface area contributed by atoms with E-state index in [9.17, 15) is 14.4 Å². The Bertz CT molecular complexity index is 704. The van der Waals surface area contributed by atoms with Crippen molar-refractivity contribution in [2.24, 2.45) is 5.92 Å². The number of methoxy groups -OCH3 is 1. The van der Waals surface area contributed by atoms with Gasteiger partial charge in [-0.25, -0.2) is 0 Å². The zero-order valence-electron chi connectivity index (χ0n) is 15.2. The summed E-state index contributed by atoms with van der Waals surface area (Å²) < 4.78 is 4.80. The van der Waals surface area contributed by atoms with Crippen LogP contribution in [0.2, 0.25) is 5.02 Å². The predicted molar refractivity (Wildman–Crippen MR) is 105 cm³/mol. The van der Waals surface area contributed by atoms with Gasteiger partial charge in [0.15, 0.2) is 0 Å². The number of thioether (sulfide) groups is 1. The van der Waals surface area contributed by atoms with Crippen LogP contribution in [0.25, 0.3) is 0 Å². The maximum Gasteiger partial charge on any atom is 0.320 e. The molecular formula is C19H23ClN2O4S. The van der Waals surface area contributed by atoms with Crippen LogP contribution in [0.1, 0.15) is 23.2 Å². The molecule has 1 aromatic rings. The lowest BCUT2D eigenvalue weighted by atomic mass is 9.94. The molecule has 1 aromatic carbocycles. The molecule has 2 amide bonds. The Kier molecular flexibility index (Phi) is 6.65. The fraction of sp³-hybridized carbons (Fsp3) is 0.526. The van der Waals surface area contributed by atoms with E-state index >= 15 is 0 Å². The molecule has 27 heavy (non-hydrogen) atoms. The smallest absolute Gasteiger partial charge is 0.320 e. The molecule has 0 spiro atoms. The van der Waals surface area contributed by atoms with Crippen molar-refractivity contribution in [1.29, 1.82) is 0 Å². The number of carbonyl (C=O) groups excluding carboxylic acids is 3. The Morgan fingerprint density at radius 1 is 1.07 bits per heavy atom. The summed E-state index contributed by atoms with van der Waals surface area (Å²) in [5.74, 6) is 0.418. The Morgan fingerprint density at radius 2 is 1.74 bits per heavy atom. The van der Waals surface area contributed by atoms with Crippen molar-refractivity contribution in [3.05, 3.63) is 34.9 Å². The third-order valence-electron chi connectivity index (χ3n) is 5.06. The summed E-state index contributed by atoms with van der Waals surface area (Å²) in [5, 5.41) is 0.292. The molecule has 2 fully saturated rings. The number of hydrogen-bond acceptors (Lipinski definition) is 5. The van der Waals surface area contributed by atoms with E-state index in [-0.39, 0.29) is 29.0 Å². The highest BCUT2D eigenvalue weighted by atomic mass is 35.5.